The second-order valence-electron chi connectivity index (χ2n) is 8.14. The lowest BCUT2D eigenvalue weighted by Crippen LogP contribution is -2.32. The highest BCUT2D eigenvalue weighted by Crippen LogP contribution is 2.36. The van der Waals surface area contributed by atoms with E-state index in [1.807, 2.05) is 0 Å². The van der Waals surface area contributed by atoms with Crippen LogP contribution in [0.4, 0.5) is 0 Å². The second kappa shape index (κ2) is 11.7. The summed E-state index contributed by atoms with van der Waals surface area (Å²) in [6.45, 7) is 0.112. The van der Waals surface area contributed by atoms with Gasteiger partial charge in [0.15, 0.2) is 11.5 Å². The molecule has 0 radical (unpaired) electrons. The summed E-state index contributed by atoms with van der Waals surface area (Å²) < 4.78 is 16.5. The molecule has 0 aliphatic carbocycles. The van der Waals surface area contributed by atoms with Crippen molar-refractivity contribution in [2.75, 3.05) is 6.79 Å². The van der Waals surface area contributed by atoms with Gasteiger partial charge in [0.25, 0.3) is 11.8 Å². The number of rotatable bonds is 7. The zero-order chi connectivity index (χ0) is 27.4. The van der Waals surface area contributed by atoms with Crippen LogP contribution in [0.25, 0.3) is 17.4 Å². The van der Waals surface area contributed by atoms with Crippen LogP contribution in [-0.4, -0.2) is 24.8 Å². The van der Waals surface area contributed by atoms with Gasteiger partial charge in [-0.25, -0.2) is 5.43 Å². The predicted octanol–water partition coefficient (Wildman–Crippen LogP) is 6.56. The summed E-state index contributed by atoms with van der Waals surface area (Å²) in [6.07, 6.45) is 2.81. The largest absolute Gasteiger partial charge is 0.455 e. The highest BCUT2D eigenvalue weighted by atomic mass is 35.5. The van der Waals surface area contributed by atoms with Gasteiger partial charge in [0.1, 0.15) is 17.2 Å². The van der Waals surface area contributed by atoms with Gasteiger partial charge in [0.2, 0.25) is 6.79 Å². The maximum atomic E-state index is 13.0. The van der Waals surface area contributed by atoms with Crippen LogP contribution in [0, 0.1) is 0 Å². The highest BCUT2D eigenvalue weighted by molar-refractivity contribution is 6.44. The van der Waals surface area contributed by atoms with Crippen molar-refractivity contribution >= 4 is 58.9 Å². The Morgan fingerprint density at radius 1 is 0.846 bits per heavy atom. The first-order valence-electron chi connectivity index (χ1n) is 11.4. The van der Waals surface area contributed by atoms with E-state index in [9.17, 15) is 9.59 Å². The lowest BCUT2D eigenvalue weighted by atomic mass is 10.1. The van der Waals surface area contributed by atoms with Gasteiger partial charge in [-0.15, -0.1) is 0 Å². The predicted molar refractivity (Wildman–Crippen MR) is 149 cm³/mol. The number of carbonyl (C=O) groups is 2. The number of halogens is 3. The Morgan fingerprint density at radius 3 is 2.44 bits per heavy atom. The topological polar surface area (TPSA) is 102 Å². The first kappa shape index (κ1) is 26.4. The number of benzene rings is 3. The number of fused-ring (bicyclic) bond motifs is 1. The molecule has 8 nitrogen and oxygen atoms in total. The van der Waals surface area contributed by atoms with Gasteiger partial charge in [-0.05, 0) is 60.2 Å². The maximum absolute atomic E-state index is 13.0. The SMILES string of the molecule is O=C(N/N=C/c1ccc(-c2cc(Cl)c(Cl)cc2Cl)o1)/C(=C\c1ccc2c(c1)OCO2)NC(=O)c1ccccc1. The molecule has 2 amide bonds. The van der Waals surface area contributed by atoms with Crippen molar-refractivity contribution in [1.82, 2.24) is 10.7 Å². The third-order valence-electron chi connectivity index (χ3n) is 5.50. The van der Waals surface area contributed by atoms with Crippen LogP contribution in [0.15, 0.2) is 88.0 Å². The normalized spacial score (nSPS) is 12.5. The number of hydrazone groups is 1. The van der Waals surface area contributed by atoms with Gasteiger partial charge in [-0.3, -0.25) is 9.59 Å². The monoisotopic (exact) mass is 581 g/mol. The van der Waals surface area contributed by atoms with Crippen molar-refractivity contribution in [3.05, 3.63) is 110 Å². The Kier molecular flexibility index (Phi) is 7.88. The minimum atomic E-state index is -0.660. The van der Waals surface area contributed by atoms with Crippen LogP contribution < -0.4 is 20.2 Å². The number of furan rings is 1. The van der Waals surface area contributed by atoms with Crippen LogP contribution >= 0.6 is 34.8 Å². The molecule has 1 aliphatic heterocycles. The van der Waals surface area contributed by atoms with E-state index >= 15 is 0 Å². The van der Waals surface area contributed by atoms with Crippen molar-refractivity contribution in [2.45, 2.75) is 0 Å². The molecule has 196 valence electrons. The molecule has 0 spiro atoms. The van der Waals surface area contributed by atoms with Crippen molar-refractivity contribution in [1.29, 1.82) is 0 Å². The summed E-state index contributed by atoms with van der Waals surface area (Å²) in [6, 6.07) is 20.1. The van der Waals surface area contributed by atoms with E-state index in [0.717, 1.165) is 0 Å². The average Bonchev–Trinajstić information content (AvgIpc) is 3.60. The summed E-state index contributed by atoms with van der Waals surface area (Å²) in [4.78, 5) is 25.8. The molecule has 3 aromatic carbocycles. The van der Waals surface area contributed by atoms with Gasteiger partial charge in [0.05, 0.1) is 21.3 Å². The van der Waals surface area contributed by atoms with E-state index in [4.69, 9.17) is 48.7 Å². The number of nitrogens with zero attached hydrogens (tertiary/aromatic N) is 1. The Hall–Kier alpha value is -4.24. The molecule has 5 rings (SSSR count). The molecule has 0 saturated carbocycles. The maximum Gasteiger partial charge on any atom is 0.287 e. The standard InChI is InChI=1S/C28H18Cl3N3O5/c29-20-13-22(31)21(30)12-19(20)24-9-7-18(39-24)14-32-34-28(36)23(33-27(35)17-4-2-1-3-5-17)10-16-6-8-25-26(11-16)38-15-37-25/h1-14H,15H2,(H,33,35)(H,34,36)/b23-10+,32-14+. The average molecular weight is 583 g/mol. The third-order valence-corrected chi connectivity index (χ3v) is 6.53. The lowest BCUT2D eigenvalue weighted by Gasteiger charge is -2.09. The molecule has 0 bridgehead atoms. The van der Waals surface area contributed by atoms with E-state index in [1.165, 1.54) is 18.4 Å². The summed E-state index contributed by atoms with van der Waals surface area (Å²) >= 11 is 18.4. The molecule has 11 heteroatoms. The smallest absolute Gasteiger partial charge is 0.287 e. The van der Waals surface area contributed by atoms with E-state index < -0.39 is 11.8 Å². The fraction of sp³-hybridized carbons (Fsp3) is 0.0357. The molecule has 0 saturated heterocycles. The number of nitrogens with one attached hydrogen (secondary N) is 2. The van der Waals surface area contributed by atoms with Gasteiger partial charge in [-0.2, -0.15) is 5.10 Å². The fourth-order valence-electron chi connectivity index (χ4n) is 3.61. The van der Waals surface area contributed by atoms with Crippen LogP contribution in [0.5, 0.6) is 11.5 Å². The zero-order valence-corrected chi connectivity index (χ0v) is 22.2. The van der Waals surface area contributed by atoms with Crippen molar-refractivity contribution in [3.8, 4) is 22.8 Å². The number of hydrogen-bond acceptors (Lipinski definition) is 6. The molecule has 0 atom stereocenters. The van der Waals surface area contributed by atoms with Crippen molar-refractivity contribution < 1.29 is 23.5 Å². The van der Waals surface area contributed by atoms with Gasteiger partial charge < -0.3 is 19.2 Å². The molecule has 2 heterocycles. The van der Waals surface area contributed by atoms with E-state index in [0.29, 0.717) is 54.8 Å². The molecule has 1 aliphatic rings. The first-order valence-corrected chi connectivity index (χ1v) is 12.6. The summed E-state index contributed by atoms with van der Waals surface area (Å²) in [5.41, 5.74) is 3.90. The number of carbonyl (C=O) groups excluding carboxylic acids is 2. The molecule has 39 heavy (non-hydrogen) atoms. The second-order valence-corrected chi connectivity index (χ2v) is 9.36. The van der Waals surface area contributed by atoms with Crippen LogP contribution in [0.3, 0.4) is 0 Å². The third kappa shape index (κ3) is 6.26. The molecule has 2 N–H and O–H groups in total. The Morgan fingerprint density at radius 2 is 1.62 bits per heavy atom. The Labute approximate surface area is 237 Å². The summed E-state index contributed by atoms with van der Waals surface area (Å²) in [7, 11) is 0. The van der Waals surface area contributed by atoms with Crippen LogP contribution in [0.2, 0.25) is 15.1 Å². The van der Waals surface area contributed by atoms with Crippen molar-refractivity contribution in [3.63, 3.8) is 0 Å². The van der Waals surface area contributed by atoms with Gasteiger partial charge in [-0.1, -0.05) is 59.1 Å². The van der Waals surface area contributed by atoms with Crippen LogP contribution in [-0.2, 0) is 4.79 Å². The molecule has 4 aromatic rings. The van der Waals surface area contributed by atoms with E-state index in [-0.39, 0.29) is 12.5 Å². The van der Waals surface area contributed by atoms with Gasteiger partial charge in [0, 0.05) is 11.1 Å². The quantitative estimate of drug-likeness (QED) is 0.111. The van der Waals surface area contributed by atoms with Crippen LogP contribution in [0.1, 0.15) is 21.7 Å². The lowest BCUT2D eigenvalue weighted by molar-refractivity contribution is -0.117. The number of hydrogen-bond donors (Lipinski definition) is 2. The molecular formula is C28H18Cl3N3O5. The molecular weight excluding hydrogens is 565 g/mol. The summed E-state index contributed by atoms with van der Waals surface area (Å²) in [5, 5.41) is 7.63. The van der Waals surface area contributed by atoms with E-state index in [1.54, 1.807) is 66.7 Å². The zero-order valence-electron chi connectivity index (χ0n) is 19.9. The minimum absolute atomic E-state index is 0.0393. The number of amides is 2. The molecule has 0 fully saturated rings. The highest BCUT2D eigenvalue weighted by Gasteiger charge is 2.17. The minimum Gasteiger partial charge on any atom is -0.455 e. The van der Waals surface area contributed by atoms with E-state index in [2.05, 4.69) is 15.8 Å². The first-order chi connectivity index (χ1) is 18.9. The molecule has 0 unspecified atom stereocenters. The fourth-order valence-corrected chi connectivity index (χ4v) is 4.25. The van der Waals surface area contributed by atoms with Crippen molar-refractivity contribution in [2.24, 2.45) is 5.10 Å². The Balaban J connectivity index is 1.34. The van der Waals surface area contributed by atoms with Gasteiger partial charge >= 0.3 is 0 Å². The molecule has 1 aromatic heterocycles. The Bertz CT molecular complexity index is 1620. The number of ether oxygens (including phenoxy) is 2. The summed E-state index contributed by atoms with van der Waals surface area (Å²) in [5.74, 6) is 0.776.